The number of fused-ring (bicyclic) bond motifs is 4. The number of nitrogens with zero attached hydrogens (tertiary/aromatic N) is 2. The van der Waals surface area contributed by atoms with Crippen molar-refractivity contribution < 1.29 is 19.2 Å². The van der Waals surface area contributed by atoms with Gasteiger partial charge in [0.05, 0.1) is 11.1 Å². The number of piperidine rings is 3. The van der Waals surface area contributed by atoms with Gasteiger partial charge < -0.3 is 5.73 Å². The van der Waals surface area contributed by atoms with Crippen LogP contribution in [0.2, 0.25) is 0 Å². The molecule has 4 aliphatic heterocycles. The van der Waals surface area contributed by atoms with E-state index in [9.17, 15) is 19.2 Å². The highest BCUT2D eigenvalue weighted by Gasteiger charge is 2.46. The molecule has 3 saturated heterocycles. The van der Waals surface area contributed by atoms with E-state index < -0.39 is 23.8 Å². The van der Waals surface area contributed by atoms with Gasteiger partial charge in [0, 0.05) is 31.1 Å². The van der Waals surface area contributed by atoms with Gasteiger partial charge in [-0.1, -0.05) is 12.1 Å². The Kier molecular flexibility index (Phi) is 4.11. The molecule has 2 bridgehead atoms. The van der Waals surface area contributed by atoms with Crippen LogP contribution in [0.5, 0.6) is 0 Å². The van der Waals surface area contributed by atoms with Gasteiger partial charge in [-0.05, 0) is 43.7 Å². The van der Waals surface area contributed by atoms with Crippen molar-refractivity contribution >= 4 is 23.6 Å². The third-order valence-corrected chi connectivity index (χ3v) is 6.91. The van der Waals surface area contributed by atoms with E-state index in [1.165, 1.54) is 0 Å². The summed E-state index contributed by atoms with van der Waals surface area (Å²) in [5, 5.41) is 2.23. The molecule has 8 nitrogen and oxygen atoms in total. The van der Waals surface area contributed by atoms with E-state index in [0.717, 1.165) is 42.7 Å². The fourth-order valence-corrected chi connectivity index (χ4v) is 5.35. The Labute approximate surface area is 168 Å². The average Bonchev–Trinajstić information content (AvgIpc) is 2.94. The number of carbonyl (C=O) groups excluding carboxylic acids is 4. The maximum Gasteiger partial charge on any atom is 0.262 e. The van der Waals surface area contributed by atoms with Gasteiger partial charge in [0.15, 0.2) is 0 Å². The molecule has 4 heterocycles. The molecule has 4 amide bonds. The standard InChI is InChI=1S/C21H24N4O4/c22-21-8-6-13(7-9-21)24(11-21)10-12-2-1-3-14-17(12)20(29)25(19(14)28)15-4-5-16(26)23-18(15)27/h1-3,13,15H,4-11,22H2,(H,23,26,27). The molecular formula is C21H24N4O4. The van der Waals surface area contributed by atoms with Crippen LogP contribution in [0.4, 0.5) is 0 Å². The minimum absolute atomic E-state index is 0.116. The summed E-state index contributed by atoms with van der Waals surface area (Å²) in [7, 11) is 0. The van der Waals surface area contributed by atoms with Crippen LogP contribution in [0.1, 0.15) is 64.8 Å². The van der Waals surface area contributed by atoms with E-state index in [1.807, 2.05) is 6.07 Å². The number of hydrogen-bond donors (Lipinski definition) is 2. The van der Waals surface area contributed by atoms with Crippen molar-refractivity contribution in [1.29, 1.82) is 0 Å². The highest BCUT2D eigenvalue weighted by atomic mass is 16.2. The van der Waals surface area contributed by atoms with E-state index in [-0.39, 0.29) is 24.3 Å². The van der Waals surface area contributed by atoms with E-state index in [2.05, 4.69) is 10.2 Å². The van der Waals surface area contributed by atoms with Crippen molar-refractivity contribution in [3.63, 3.8) is 0 Å². The van der Waals surface area contributed by atoms with Crippen LogP contribution in [0.25, 0.3) is 0 Å². The Morgan fingerprint density at radius 2 is 1.83 bits per heavy atom. The lowest BCUT2D eigenvalue weighted by atomic mass is 9.74. The minimum atomic E-state index is -0.939. The lowest BCUT2D eigenvalue weighted by Crippen LogP contribution is -2.61. The van der Waals surface area contributed by atoms with Gasteiger partial charge in [0.2, 0.25) is 11.8 Å². The number of benzene rings is 1. The fourth-order valence-electron chi connectivity index (χ4n) is 5.35. The van der Waals surface area contributed by atoms with Crippen molar-refractivity contribution in [2.45, 2.75) is 62.7 Å². The highest BCUT2D eigenvalue weighted by molar-refractivity contribution is 6.24. The van der Waals surface area contributed by atoms with Gasteiger partial charge in [0.25, 0.3) is 11.8 Å². The van der Waals surface area contributed by atoms with Gasteiger partial charge in [-0.3, -0.25) is 34.3 Å². The zero-order valence-electron chi connectivity index (χ0n) is 16.1. The maximum atomic E-state index is 13.2. The van der Waals surface area contributed by atoms with Crippen LogP contribution in [0.15, 0.2) is 18.2 Å². The Morgan fingerprint density at radius 1 is 1.07 bits per heavy atom. The van der Waals surface area contributed by atoms with E-state index in [0.29, 0.717) is 23.7 Å². The van der Waals surface area contributed by atoms with Crippen molar-refractivity contribution in [2.75, 3.05) is 6.54 Å². The SMILES string of the molecule is NC12CCC(CC1)N(Cc1cccc3c1C(=O)N(C1CCC(=O)NC1=O)C3=O)C2. The molecule has 3 N–H and O–H groups in total. The van der Waals surface area contributed by atoms with Crippen LogP contribution < -0.4 is 11.1 Å². The summed E-state index contributed by atoms with van der Waals surface area (Å²) in [6.45, 7) is 1.36. The number of hydrogen-bond acceptors (Lipinski definition) is 6. The topological polar surface area (TPSA) is 113 Å². The Bertz CT molecular complexity index is 935. The van der Waals surface area contributed by atoms with Gasteiger partial charge in [-0.25, -0.2) is 0 Å². The van der Waals surface area contributed by atoms with Crippen LogP contribution in [-0.4, -0.2) is 57.6 Å². The number of rotatable bonds is 3. The number of imide groups is 2. The second-order valence-corrected chi connectivity index (χ2v) is 8.79. The summed E-state index contributed by atoms with van der Waals surface area (Å²) in [6.07, 6.45) is 4.45. The van der Waals surface area contributed by atoms with Gasteiger partial charge >= 0.3 is 0 Å². The average molecular weight is 396 g/mol. The number of carbonyl (C=O) groups is 4. The number of nitrogens with one attached hydrogen (secondary N) is 1. The van der Waals surface area contributed by atoms with Crippen molar-refractivity contribution in [2.24, 2.45) is 5.73 Å². The van der Waals surface area contributed by atoms with Crippen LogP contribution >= 0.6 is 0 Å². The number of amides is 4. The summed E-state index contributed by atoms with van der Waals surface area (Å²) in [5.74, 6) is -1.87. The third-order valence-electron chi connectivity index (χ3n) is 6.91. The molecule has 0 radical (unpaired) electrons. The molecular weight excluding hydrogens is 372 g/mol. The molecule has 0 spiro atoms. The smallest absolute Gasteiger partial charge is 0.262 e. The normalized spacial score (nSPS) is 32.0. The highest BCUT2D eigenvalue weighted by Crippen LogP contribution is 2.38. The quantitative estimate of drug-likeness (QED) is 0.722. The Balaban J connectivity index is 1.44. The fraction of sp³-hybridized carbons (Fsp3) is 0.524. The van der Waals surface area contributed by atoms with E-state index in [4.69, 9.17) is 5.73 Å². The lowest BCUT2D eigenvalue weighted by Gasteiger charge is -2.51. The molecule has 1 unspecified atom stereocenters. The monoisotopic (exact) mass is 396 g/mol. The second kappa shape index (κ2) is 6.47. The van der Waals surface area contributed by atoms with E-state index >= 15 is 0 Å². The molecule has 6 rings (SSSR count). The second-order valence-electron chi connectivity index (χ2n) is 8.79. The molecule has 152 valence electrons. The zero-order valence-corrected chi connectivity index (χ0v) is 16.1. The molecule has 1 saturated carbocycles. The molecule has 1 atom stereocenters. The summed E-state index contributed by atoms with van der Waals surface area (Å²) in [5.41, 5.74) is 7.86. The summed E-state index contributed by atoms with van der Waals surface area (Å²) in [6, 6.07) is 4.82. The zero-order chi connectivity index (χ0) is 20.3. The molecule has 29 heavy (non-hydrogen) atoms. The molecule has 5 aliphatic rings. The van der Waals surface area contributed by atoms with Gasteiger partial charge in [-0.15, -0.1) is 0 Å². The molecule has 4 fully saturated rings. The van der Waals surface area contributed by atoms with Crippen LogP contribution in [0, 0.1) is 0 Å². The largest absolute Gasteiger partial charge is 0.324 e. The third kappa shape index (κ3) is 2.89. The first-order valence-electron chi connectivity index (χ1n) is 10.2. The van der Waals surface area contributed by atoms with Crippen LogP contribution in [0.3, 0.4) is 0 Å². The molecule has 1 aromatic carbocycles. The molecule has 1 aliphatic carbocycles. The Morgan fingerprint density at radius 3 is 2.52 bits per heavy atom. The summed E-state index contributed by atoms with van der Waals surface area (Å²) < 4.78 is 0. The summed E-state index contributed by atoms with van der Waals surface area (Å²) in [4.78, 5) is 53.2. The lowest BCUT2D eigenvalue weighted by molar-refractivity contribution is -0.136. The van der Waals surface area contributed by atoms with Crippen LogP contribution in [-0.2, 0) is 16.1 Å². The van der Waals surface area contributed by atoms with Gasteiger partial charge in [0.1, 0.15) is 6.04 Å². The van der Waals surface area contributed by atoms with Crippen molar-refractivity contribution in [3.8, 4) is 0 Å². The number of nitrogens with two attached hydrogens (primary N) is 1. The molecule has 1 aromatic rings. The summed E-state index contributed by atoms with van der Waals surface area (Å²) >= 11 is 0. The first-order chi connectivity index (χ1) is 13.9. The van der Waals surface area contributed by atoms with Crippen molar-refractivity contribution in [3.05, 3.63) is 34.9 Å². The van der Waals surface area contributed by atoms with E-state index in [1.54, 1.807) is 12.1 Å². The van der Waals surface area contributed by atoms with Gasteiger partial charge in [-0.2, -0.15) is 0 Å². The predicted molar refractivity (Wildman–Crippen MR) is 103 cm³/mol. The Hall–Kier alpha value is -2.58. The van der Waals surface area contributed by atoms with Crippen molar-refractivity contribution in [1.82, 2.24) is 15.1 Å². The predicted octanol–water partition coefficient (Wildman–Crippen LogP) is 0.544. The maximum absolute atomic E-state index is 13.2. The first kappa shape index (κ1) is 18.4. The molecule has 0 aromatic heterocycles. The minimum Gasteiger partial charge on any atom is -0.324 e. The first-order valence-corrected chi connectivity index (χ1v) is 10.2. The molecule has 8 heteroatoms.